The lowest BCUT2D eigenvalue weighted by atomic mass is 10.1. The molecule has 8 nitrogen and oxygen atoms in total. The van der Waals surface area contributed by atoms with E-state index in [-0.39, 0.29) is 12.0 Å². The second kappa shape index (κ2) is 8.43. The molecular formula is C19H17N5O3. The molecule has 8 heteroatoms. The third kappa shape index (κ3) is 4.18. The molecule has 2 aromatic heterocycles. The number of fused-ring (bicyclic) bond motifs is 1. The van der Waals surface area contributed by atoms with Gasteiger partial charge in [0.1, 0.15) is 12.7 Å². The van der Waals surface area contributed by atoms with E-state index in [2.05, 4.69) is 15.3 Å². The predicted octanol–water partition coefficient (Wildman–Crippen LogP) is 3.02. The van der Waals surface area contributed by atoms with Crippen molar-refractivity contribution in [3.05, 3.63) is 85.1 Å². The lowest BCUT2D eigenvalue weighted by Gasteiger charge is -2.08. The molecule has 1 aromatic carbocycles. The van der Waals surface area contributed by atoms with Crippen LogP contribution in [0.2, 0.25) is 0 Å². The van der Waals surface area contributed by atoms with Crippen LogP contribution in [0.5, 0.6) is 0 Å². The number of esters is 1. The fraction of sp³-hybridized carbons (Fsp3) is 0.0526. The predicted molar refractivity (Wildman–Crippen MR) is 100 cm³/mol. The summed E-state index contributed by atoms with van der Waals surface area (Å²) in [5.41, 5.74) is 2.33. The van der Waals surface area contributed by atoms with E-state index >= 15 is 0 Å². The Kier molecular flexibility index (Phi) is 5.58. The number of nitrogens with zero attached hydrogens (tertiary/aromatic N) is 4. The van der Waals surface area contributed by atoms with Gasteiger partial charge < -0.3 is 10.1 Å². The normalized spacial score (nSPS) is 11.4. The van der Waals surface area contributed by atoms with Gasteiger partial charge in [-0.1, -0.05) is 18.2 Å². The summed E-state index contributed by atoms with van der Waals surface area (Å²) < 4.78 is 7.48. The van der Waals surface area contributed by atoms with Gasteiger partial charge in [0.25, 0.3) is 0 Å². The number of anilines is 1. The highest BCUT2D eigenvalue weighted by atomic mass is 16.5. The number of benzene rings is 1. The van der Waals surface area contributed by atoms with Crippen LogP contribution in [-0.4, -0.2) is 38.2 Å². The Bertz CT molecular complexity index is 937. The maximum atomic E-state index is 11.5. The summed E-state index contributed by atoms with van der Waals surface area (Å²) in [4.78, 5) is 30.4. The molecule has 3 aromatic rings. The van der Waals surface area contributed by atoms with Crippen molar-refractivity contribution in [2.45, 2.75) is 0 Å². The molecular weight excluding hydrogens is 346 g/mol. The summed E-state index contributed by atoms with van der Waals surface area (Å²) >= 11 is 0. The number of aromatic nitrogens is 4. The van der Waals surface area contributed by atoms with E-state index in [4.69, 9.17) is 4.74 Å². The Labute approximate surface area is 155 Å². The van der Waals surface area contributed by atoms with Crippen molar-refractivity contribution >= 4 is 23.8 Å². The smallest absolute Gasteiger partial charge is 0.338 e. The maximum absolute atomic E-state index is 11.5. The first-order chi connectivity index (χ1) is 13.2. The minimum absolute atomic E-state index is 0.190. The second-order valence-electron chi connectivity index (χ2n) is 5.34. The average molecular weight is 363 g/mol. The van der Waals surface area contributed by atoms with Crippen LogP contribution in [0.4, 0.5) is 10.5 Å². The number of methoxy groups -OCH3 is 1. The molecule has 4 rings (SSSR count). The van der Waals surface area contributed by atoms with Gasteiger partial charge >= 0.3 is 12.0 Å². The third-order valence-electron chi connectivity index (χ3n) is 3.67. The number of rotatable bonds is 1. The van der Waals surface area contributed by atoms with Crippen LogP contribution < -0.4 is 5.32 Å². The van der Waals surface area contributed by atoms with Crippen molar-refractivity contribution < 1.29 is 14.3 Å². The molecule has 0 atom stereocenters. The van der Waals surface area contributed by atoms with Crippen LogP contribution in [0.25, 0.3) is 6.08 Å². The van der Waals surface area contributed by atoms with E-state index in [1.54, 1.807) is 30.9 Å². The highest BCUT2D eigenvalue weighted by Crippen LogP contribution is 2.24. The summed E-state index contributed by atoms with van der Waals surface area (Å²) in [7, 11) is 1.38. The van der Waals surface area contributed by atoms with Gasteiger partial charge in [0.15, 0.2) is 0 Å². The molecule has 0 spiro atoms. The first-order valence-electron chi connectivity index (χ1n) is 8.02. The van der Waals surface area contributed by atoms with E-state index in [0.717, 1.165) is 11.3 Å². The van der Waals surface area contributed by atoms with Crippen LogP contribution in [0.3, 0.4) is 0 Å². The quantitative estimate of drug-likeness (QED) is 0.668. The Morgan fingerprint density at radius 1 is 1.04 bits per heavy atom. The molecule has 1 N–H and O–H groups in total. The van der Waals surface area contributed by atoms with Crippen molar-refractivity contribution in [1.29, 1.82) is 0 Å². The summed E-state index contributed by atoms with van der Waals surface area (Å²) in [6.07, 6.45) is 16.6. The van der Waals surface area contributed by atoms with Gasteiger partial charge in [0.05, 0.1) is 12.7 Å². The van der Waals surface area contributed by atoms with Crippen LogP contribution in [-0.2, 0) is 4.74 Å². The first-order valence-corrected chi connectivity index (χ1v) is 8.02. The Hall–Kier alpha value is -3.94. The first kappa shape index (κ1) is 17.9. The lowest BCUT2D eigenvalue weighted by Crippen LogP contribution is -2.15. The van der Waals surface area contributed by atoms with Crippen molar-refractivity contribution in [2.75, 3.05) is 12.4 Å². The number of imidazole rings is 2. The highest BCUT2D eigenvalue weighted by molar-refractivity contribution is 5.96. The molecule has 0 unspecified atom stereocenters. The molecule has 0 radical (unpaired) electrons. The molecule has 27 heavy (non-hydrogen) atoms. The van der Waals surface area contributed by atoms with Gasteiger partial charge in [0, 0.05) is 42.2 Å². The van der Waals surface area contributed by atoms with Gasteiger partial charge in [-0.2, -0.15) is 0 Å². The molecule has 0 fully saturated rings. The van der Waals surface area contributed by atoms with E-state index in [0.29, 0.717) is 5.56 Å². The molecule has 0 saturated carbocycles. The van der Waals surface area contributed by atoms with Gasteiger partial charge in [0.2, 0.25) is 0 Å². The highest BCUT2D eigenvalue weighted by Gasteiger charge is 2.13. The largest absolute Gasteiger partial charge is 0.465 e. The fourth-order valence-corrected chi connectivity index (χ4v) is 2.38. The standard InChI is InChI=1S/C12H11NO2.C7H6N4O/c1-15-12(14)10-6-4-7-11-9(10)5-2-3-8-13-11;12-7(10-3-1-8-5-10)11-4-2-9-6-11/h2-8,13H,1H3;1-6H. The zero-order chi connectivity index (χ0) is 19.1. The van der Waals surface area contributed by atoms with Crippen LogP contribution in [0.1, 0.15) is 15.9 Å². The minimum atomic E-state index is -0.319. The average Bonchev–Trinajstić information content (AvgIpc) is 3.38. The van der Waals surface area contributed by atoms with E-state index in [1.807, 2.05) is 36.6 Å². The van der Waals surface area contributed by atoms with E-state index in [1.165, 1.54) is 28.9 Å². The van der Waals surface area contributed by atoms with Crippen LogP contribution >= 0.6 is 0 Å². The molecule has 0 aliphatic carbocycles. The number of carbonyl (C=O) groups is 2. The fourth-order valence-electron chi connectivity index (χ4n) is 2.38. The van der Waals surface area contributed by atoms with E-state index in [9.17, 15) is 9.59 Å². The lowest BCUT2D eigenvalue weighted by molar-refractivity contribution is 0.0600. The number of ether oxygens (including phenoxy) is 1. The van der Waals surface area contributed by atoms with Crippen molar-refractivity contribution in [2.24, 2.45) is 0 Å². The number of allylic oxidation sites excluding steroid dienone is 2. The molecule has 3 heterocycles. The SMILES string of the molecule is COC(=O)c1cccc2c1C=CC=CN2.O=C(n1ccnc1)n1ccnc1. The van der Waals surface area contributed by atoms with Crippen molar-refractivity contribution in [3.8, 4) is 0 Å². The topological polar surface area (TPSA) is 91.0 Å². The van der Waals surface area contributed by atoms with Gasteiger partial charge in [-0.15, -0.1) is 0 Å². The number of hydrogen-bond donors (Lipinski definition) is 1. The number of nitrogens with one attached hydrogen (secondary N) is 1. The van der Waals surface area contributed by atoms with Crippen LogP contribution in [0.15, 0.2) is 74.0 Å². The molecule has 1 aliphatic rings. The molecule has 0 amide bonds. The second-order valence-corrected chi connectivity index (χ2v) is 5.34. The number of carbonyl (C=O) groups excluding carboxylic acids is 2. The summed E-state index contributed by atoms with van der Waals surface area (Å²) in [5, 5.41) is 3.09. The molecule has 1 aliphatic heterocycles. The molecule has 0 saturated heterocycles. The third-order valence-corrected chi connectivity index (χ3v) is 3.67. The molecule has 136 valence electrons. The summed E-state index contributed by atoms with van der Waals surface area (Å²) in [6.45, 7) is 0. The van der Waals surface area contributed by atoms with Gasteiger partial charge in [-0.25, -0.2) is 19.6 Å². The maximum Gasteiger partial charge on any atom is 0.338 e. The Morgan fingerprint density at radius 2 is 1.74 bits per heavy atom. The van der Waals surface area contributed by atoms with Gasteiger partial charge in [-0.05, 0) is 18.2 Å². The summed E-state index contributed by atoms with van der Waals surface area (Å²) in [5.74, 6) is -0.319. The van der Waals surface area contributed by atoms with E-state index < -0.39 is 0 Å². The Morgan fingerprint density at radius 3 is 2.33 bits per heavy atom. The zero-order valence-electron chi connectivity index (χ0n) is 14.5. The summed E-state index contributed by atoms with van der Waals surface area (Å²) in [6, 6.07) is 5.31. The minimum Gasteiger partial charge on any atom is -0.465 e. The van der Waals surface area contributed by atoms with Crippen molar-refractivity contribution in [1.82, 2.24) is 19.1 Å². The van der Waals surface area contributed by atoms with Crippen LogP contribution in [0, 0.1) is 0 Å². The monoisotopic (exact) mass is 363 g/mol. The Balaban J connectivity index is 0.000000159. The van der Waals surface area contributed by atoms with Crippen molar-refractivity contribution in [3.63, 3.8) is 0 Å². The zero-order valence-corrected chi connectivity index (χ0v) is 14.5. The molecule has 0 bridgehead atoms. The van der Waals surface area contributed by atoms with Gasteiger partial charge in [-0.3, -0.25) is 9.13 Å². The number of hydrogen-bond acceptors (Lipinski definition) is 6.